The van der Waals surface area contributed by atoms with Gasteiger partial charge in [0.15, 0.2) is 0 Å². The number of carbonyl (C=O) groups excluding carboxylic acids is 1. The number of carboxylic acid groups (broad SMARTS) is 1. The molecule has 0 radical (unpaired) electrons. The van der Waals surface area contributed by atoms with E-state index in [2.05, 4.69) is 12.2 Å². The van der Waals surface area contributed by atoms with E-state index in [-0.39, 0.29) is 11.9 Å². The largest absolute Gasteiger partial charge is 0.481 e. The van der Waals surface area contributed by atoms with Gasteiger partial charge < -0.3 is 10.4 Å². The van der Waals surface area contributed by atoms with Gasteiger partial charge in [0.05, 0.1) is 5.41 Å². The van der Waals surface area contributed by atoms with Crippen LogP contribution in [0.1, 0.15) is 71.6 Å². The molecular formula is C15H27NO3. The van der Waals surface area contributed by atoms with E-state index in [0.717, 1.165) is 44.9 Å². The SMILES string of the molecule is CCCCCCC(=O)NC1CCCCC1(C)C(=O)O. The normalized spacial score (nSPS) is 26.9. The van der Waals surface area contributed by atoms with Gasteiger partial charge in [0.2, 0.25) is 5.91 Å². The summed E-state index contributed by atoms with van der Waals surface area (Å²) in [6.45, 7) is 3.90. The summed E-state index contributed by atoms with van der Waals surface area (Å²) in [6.07, 6.45) is 8.18. The van der Waals surface area contributed by atoms with Crippen LogP contribution in [-0.2, 0) is 9.59 Å². The number of amides is 1. The lowest BCUT2D eigenvalue weighted by Gasteiger charge is -2.38. The molecule has 1 rings (SSSR count). The molecule has 0 aromatic carbocycles. The van der Waals surface area contributed by atoms with Crippen LogP contribution in [0.25, 0.3) is 0 Å². The minimum Gasteiger partial charge on any atom is -0.481 e. The predicted molar refractivity (Wildman–Crippen MR) is 74.9 cm³/mol. The third kappa shape index (κ3) is 4.51. The van der Waals surface area contributed by atoms with Gasteiger partial charge in [0.25, 0.3) is 0 Å². The Morgan fingerprint density at radius 3 is 2.63 bits per heavy atom. The van der Waals surface area contributed by atoms with Crippen LogP contribution in [0.5, 0.6) is 0 Å². The smallest absolute Gasteiger partial charge is 0.311 e. The number of unbranched alkanes of at least 4 members (excludes halogenated alkanes) is 3. The maximum Gasteiger partial charge on any atom is 0.311 e. The molecule has 2 atom stereocenters. The van der Waals surface area contributed by atoms with Gasteiger partial charge in [-0.3, -0.25) is 9.59 Å². The van der Waals surface area contributed by atoms with Crippen molar-refractivity contribution in [3.8, 4) is 0 Å². The van der Waals surface area contributed by atoms with E-state index in [1.165, 1.54) is 0 Å². The molecule has 2 N–H and O–H groups in total. The van der Waals surface area contributed by atoms with E-state index in [0.29, 0.717) is 12.8 Å². The molecule has 1 saturated carbocycles. The van der Waals surface area contributed by atoms with E-state index in [1.807, 2.05) is 0 Å². The molecule has 19 heavy (non-hydrogen) atoms. The topological polar surface area (TPSA) is 66.4 Å². The van der Waals surface area contributed by atoms with Gasteiger partial charge in [-0.15, -0.1) is 0 Å². The quantitative estimate of drug-likeness (QED) is 0.698. The average Bonchev–Trinajstić information content (AvgIpc) is 2.37. The standard InChI is InChI=1S/C15H27NO3/c1-3-4-5-6-10-13(17)16-12-9-7-8-11-15(12,2)14(18)19/h12H,3-11H2,1-2H3,(H,16,17)(H,18,19). The molecule has 0 bridgehead atoms. The van der Waals surface area contributed by atoms with Gasteiger partial charge in [-0.25, -0.2) is 0 Å². The van der Waals surface area contributed by atoms with Crippen molar-refractivity contribution in [1.29, 1.82) is 0 Å². The Bertz CT molecular complexity index is 317. The van der Waals surface area contributed by atoms with Crippen molar-refractivity contribution in [3.05, 3.63) is 0 Å². The van der Waals surface area contributed by atoms with Crippen molar-refractivity contribution in [2.75, 3.05) is 0 Å². The summed E-state index contributed by atoms with van der Waals surface area (Å²) in [7, 11) is 0. The van der Waals surface area contributed by atoms with Crippen molar-refractivity contribution >= 4 is 11.9 Å². The van der Waals surface area contributed by atoms with Crippen LogP contribution >= 0.6 is 0 Å². The fourth-order valence-corrected chi connectivity index (χ4v) is 2.80. The first-order valence-corrected chi connectivity index (χ1v) is 7.53. The highest BCUT2D eigenvalue weighted by Crippen LogP contribution is 2.36. The van der Waals surface area contributed by atoms with Crippen molar-refractivity contribution in [1.82, 2.24) is 5.32 Å². The highest BCUT2D eigenvalue weighted by atomic mass is 16.4. The lowest BCUT2D eigenvalue weighted by Crippen LogP contribution is -2.52. The molecule has 2 unspecified atom stereocenters. The number of aliphatic carboxylic acids is 1. The summed E-state index contributed by atoms with van der Waals surface area (Å²) in [5.74, 6) is -0.779. The summed E-state index contributed by atoms with van der Waals surface area (Å²) in [4.78, 5) is 23.3. The van der Waals surface area contributed by atoms with Crippen molar-refractivity contribution < 1.29 is 14.7 Å². The summed E-state index contributed by atoms with van der Waals surface area (Å²) in [6, 6.07) is -0.211. The monoisotopic (exact) mass is 269 g/mol. The molecule has 110 valence electrons. The lowest BCUT2D eigenvalue weighted by molar-refractivity contribution is -0.152. The summed E-state index contributed by atoms with van der Waals surface area (Å²) in [5.41, 5.74) is -0.794. The van der Waals surface area contributed by atoms with Gasteiger partial charge >= 0.3 is 5.97 Å². The van der Waals surface area contributed by atoms with E-state index in [9.17, 15) is 14.7 Å². The molecule has 1 amide bonds. The van der Waals surface area contributed by atoms with Gasteiger partial charge in [-0.2, -0.15) is 0 Å². The van der Waals surface area contributed by atoms with Crippen molar-refractivity contribution in [2.24, 2.45) is 5.41 Å². The molecule has 4 nitrogen and oxygen atoms in total. The molecule has 1 aliphatic carbocycles. The zero-order valence-electron chi connectivity index (χ0n) is 12.2. The first kappa shape index (κ1) is 16.0. The van der Waals surface area contributed by atoms with E-state index < -0.39 is 11.4 Å². The molecule has 0 spiro atoms. The lowest BCUT2D eigenvalue weighted by atomic mass is 9.71. The van der Waals surface area contributed by atoms with Gasteiger partial charge in [0.1, 0.15) is 0 Å². The Morgan fingerprint density at radius 2 is 2.00 bits per heavy atom. The highest BCUT2D eigenvalue weighted by Gasteiger charge is 2.43. The molecule has 1 fully saturated rings. The molecular weight excluding hydrogens is 242 g/mol. The predicted octanol–water partition coefficient (Wildman–Crippen LogP) is 3.11. The fourth-order valence-electron chi connectivity index (χ4n) is 2.80. The van der Waals surface area contributed by atoms with Gasteiger partial charge in [-0.05, 0) is 26.2 Å². The average molecular weight is 269 g/mol. The van der Waals surface area contributed by atoms with Crippen LogP contribution < -0.4 is 5.32 Å². The molecule has 0 saturated heterocycles. The van der Waals surface area contributed by atoms with Gasteiger partial charge in [0, 0.05) is 12.5 Å². The number of nitrogens with one attached hydrogen (secondary N) is 1. The molecule has 0 aromatic rings. The van der Waals surface area contributed by atoms with Crippen molar-refractivity contribution in [3.63, 3.8) is 0 Å². The second-order valence-corrected chi connectivity index (χ2v) is 5.90. The number of rotatable bonds is 7. The Kier molecular flexibility index (Phi) is 6.32. The Balaban J connectivity index is 2.44. The number of carboxylic acids is 1. The number of hydrogen-bond acceptors (Lipinski definition) is 2. The Labute approximate surface area is 116 Å². The minimum atomic E-state index is -0.794. The number of carbonyl (C=O) groups is 2. The Morgan fingerprint density at radius 1 is 1.26 bits per heavy atom. The van der Waals surface area contributed by atoms with Crippen LogP contribution in [0, 0.1) is 5.41 Å². The molecule has 0 heterocycles. The second kappa shape index (κ2) is 7.51. The maximum atomic E-state index is 11.9. The molecule has 1 aliphatic rings. The zero-order valence-corrected chi connectivity index (χ0v) is 12.2. The van der Waals surface area contributed by atoms with Gasteiger partial charge in [-0.1, -0.05) is 39.0 Å². The van der Waals surface area contributed by atoms with Crippen LogP contribution in [0.4, 0.5) is 0 Å². The summed E-state index contributed by atoms with van der Waals surface area (Å²) >= 11 is 0. The van der Waals surface area contributed by atoms with E-state index in [1.54, 1.807) is 6.92 Å². The first-order chi connectivity index (χ1) is 9.00. The number of hydrogen-bond donors (Lipinski definition) is 2. The Hall–Kier alpha value is -1.06. The first-order valence-electron chi connectivity index (χ1n) is 7.53. The van der Waals surface area contributed by atoms with Crippen LogP contribution in [0.3, 0.4) is 0 Å². The fraction of sp³-hybridized carbons (Fsp3) is 0.867. The van der Waals surface area contributed by atoms with E-state index in [4.69, 9.17) is 0 Å². The molecule has 4 heteroatoms. The molecule has 0 aromatic heterocycles. The zero-order chi connectivity index (χ0) is 14.3. The van der Waals surface area contributed by atoms with Crippen LogP contribution in [0.2, 0.25) is 0 Å². The summed E-state index contributed by atoms with van der Waals surface area (Å²) < 4.78 is 0. The van der Waals surface area contributed by atoms with E-state index >= 15 is 0 Å². The highest BCUT2D eigenvalue weighted by molar-refractivity contribution is 5.79. The van der Waals surface area contributed by atoms with Crippen molar-refractivity contribution in [2.45, 2.75) is 77.7 Å². The van der Waals surface area contributed by atoms with Crippen LogP contribution in [-0.4, -0.2) is 23.0 Å². The summed E-state index contributed by atoms with van der Waals surface area (Å²) in [5, 5.41) is 12.3. The van der Waals surface area contributed by atoms with Crippen LogP contribution in [0.15, 0.2) is 0 Å². The molecule has 0 aliphatic heterocycles. The third-order valence-electron chi connectivity index (χ3n) is 4.29. The second-order valence-electron chi connectivity index (χ2n) is 5.90. The minimum absolute atomic E-state index is 0.00970. The maximum absolute atomic E-state index is 11.9. The third-order valence-corrected chi connectivity index (χ3v) is 4.29.